The van der Waals surface area contributed by atoms with Gasteiger partial charge in [-0.3, -0.25) is 0 Å². The van der Waals surface area contributed by atoms with Crippen LogP contribution in [0, 0.1) is 11.8 Å². The first-order valence-electron chi connectivity index (χ1n) is 5.80. The summed E-state index contributed by atoms with van der Waals surface area (Å²) in [6.07, 6.45) is 0.633. The molecule has 6 heteroatoms. The molecule has 0 aromatic carbocycles. The molecular formula is C11H27BO5. The smallest absolute Gasteiger partial charge is 0.402 e. The van der Waals surface area contributed by atoms with E-state index in [1.165, 1.54) is 0 Å². The zero-order valence-corrected chi connectivity index (χ0v) is 11.7. The highest BCUT2D eigenvalue weighted by molar-refractivity contribution is 6.30. The summed E-state index contributed by atoms with van der Waals surface area (Å²) in [7, 11) is -2.17. The van der Waals surface area contributed by atoms with Crippen molar-refractivity contribution in [1.82, 2.24) is 0 Å². The fraction of sp³-hybridized carbons (Fsp3) is 1.00. The predicted molar refractivity (Wildman–Crippen MR) is 68.0 cm³/mol. The molecule has 2 atom stereocenters. The molecule has 0 heterocycles. The van der Waals surface area contributed by atoms with Gasteiger partial charge in [0.25, 0.3) is 0 Å². The van der Waals surface area contributed by atoms with E-state index >= 15 is 0 Å². The maximum atomic E-state index is 10.0. The van der Waals surface area contributed by atoms with Crippen molar-refractivity contribution in [3.8, 4) is 0 Å². The molecular weight excluding hydrogens is 223 g/mol. The van der Waals surface area contributed by atoms with Crippen molar-refractivity contribution in [1.29, 1.82) is 0 Å². The van der Waals surface area contributed by atoms with Gasteiger partial charge in [0.05, 0.1) is 11.2 Å². The summed E-state index contributed by atoms with van der Waals surface area (Å²) in [6, 6.07) is 0. The second-order valence-electron chi connectivity index (χ2n) is 5.60. The number of rotatable bonds is 4. The Labute approximate surface area is 104 Å². The molecule has 2 unspecified atom stereocenters. The molecule has 0 aliphatic heterocycles. The van der Waals surface area contributed by atoms with Gasteiger partial charge in [-0.15, -0.1) is 0 Å². The average molecular weight is 250 g/mol. The first-order valence-corrected chi connectivity index (χ1v) is 5.80. The quantitative estimate of drug-likeness (QED) is 0.457. The van der Waals surface area contributed by atoms with Crippen molar-refractivity contribution in [3.63, 3.8) is 0 Å². The predicted octanol–water partition coefficient (Wildman–Crippen LogP) is 0.139. The summed E-state index contributed by atoms with van der Waals surface area (Å²) in [5.74, 6) is 0.954. The van der Waals surface area contributed by atoms with Crippen LogP contribution < -0.4 is 0 Å². The maximum absolute atomic E-state index is 10.0. The van der Waals surface area contributed by atoms with Gasteiger partial charge in [-0.2, -0.15) is 0 Å². The van der Waals surface area contributed by atoms with E-state index in [9.17, 15) is 10.2 Å². The third-order valence-corrected chi connectivity index (χ3v) is 3.18. The highest BCUT2D eigenvalue weighted by Crippen LogP contribution is 2.30. The Morgan fingerprint density at radius 1 is 0.941 bits per heavy atom. The molecule has 17 heavy (non-hydrogen) atoms. The minimum absolute atomic E-state index is 0.418. The molecule has 5 nitrogen and oxygen atoms in total. The lowest BCUT2D eigenvalue weighted by atomic mass is 9.78. The van der Waals surface area contributed by atoms with Crippen LogP contribution in [-0.2, 0) is 0 Å². The minimum Gasteiger partial charge on any atom is -0.402 e. The molecule has 0 amide bonds. The minimum atomic E-state index is -2.17. The van der Waals surface area contributed by atoms with E-state index in [4.69, 9.17) is 15.1 Å². The van der Waals surface area contributed by atoms with Gasteiger partial charge >= 0.3 is 7.32 Å². The normalized spacial score (nSPS) is 16.9. The van der Waals surface area contributed by atoms with Crippen molar-refractivity contribution < 1.29 is 25.3 Å². The lowest BCUT2D eigenvalue weighted by molar-refractivity contribution is -0.132. The van der Waals surface area contributed by atoms with Crippen LogP contribution in [0.15, 0.2) is 0 Å². The molecule has 0 aliphatic rings. The molecule has 0 saturated heterocycles. The van der Waals surface area contributed by atoms with Gasteiger partial charge in [-0.25, -0.2) is 0 Å². The fourth-order valence-corrected chi connectivity index (χ4v) is 1.11. The highest BCUT2D eigenvalue weighted by atomic mass is 16.5. The fourth-order valence-electron chi connectivity index (χ4n) is 1.11. The van der Waals surface area contributed by atoms with Crippen molar-refractivity contribution in [2.75, 3.05) is 0 Å². The lowest BCUT2D eigenvalue weighted by Gasteiger charge is -2.38. The van der Waals surface area contributed by atoms with Gasteiger partial charge in [-0.1, -0.05) is 20.8 Å². The summed E-state index contributed by atoms with van der Waals surface area (Å²) in [5, 5.41) is 41.2. The Balaban J connectivity index is 0. The molecule has 0 saturated carbocycles. The Kier molecular flexibility index (Phi) is 8.29. The molecule has 0 radical (unpaired) electrons. The standard InChI is InChI=1S/C11H24O2.BH3O3/c1-8(2)9(3)7-11(6,13)10(4,5)12;2-1(3)4/h8-9,12-13H,7H2,1-6H3;2-4H. The SMILES string of the molecule is CC(C)C(C)CC(C)(O)C(C)(C)O.OB(O)O. The summed E-state index contributed by atoms with van der Waals surface area (Å²) in [5.41, 5.74) is -2.03. The average Bonchev–Trinajstić information content (AvgIpc) is 1.99. The van der Waals surface area contributed by atoms with E-state index in [0.717, 1.165) is 0 Å². The maximum Gasteiger partial charge on any atom is 0.631 e. The summed E-state index contributed by atoms with van der Waals surface area (Å²) < 4.78 is 0. The van der Waals surface area contributed by atoms with Crippen molar-refractivity contribution in [2.24, 2.45) is 11.8 Å². The number of aliphatic hydroxyl groups is 2. The van der Waals surface area contributed by atoms with Crippen LogP contribution in [0.3, 0.4) is 0 Å². The van der Waals surface area contributed by atoms with E-state index in [1.54, 1.807) is 20.8 Å². The molecule has 0 bridgehead atoms. The number of hydrogen-bond acceptors (Lipinski definition) is 5. The second-order valence-corrected chi connectivity index (χ2v) is 5.60. The Morgan fingerprint density at radius 3 is 1.41 bits per heavy atom. The van der Waals surface area contributed by atoms with Gasteiger partial charge < -0.3 is 25.3 Å². The first kappa shape index (κ1) is 19.2. The molecule has 0 fully saturated rings. The second kappa shape index (κ2) is 7.33. The van der Waals surface area contributed by atoms with Crippen LogP contribution in [0.5, 0.6) is 0 Å². The molecule has 0 spiro atoms. The van der Waals surface area contributed by atoms with Crippen molar-refractivity contribution in [2.45, 2.75) is 59.2 Å². The third-order valence-electron chi connectivity index (χ3n) is 3.18. The number of hydrogen-bond donors (Lipinski definition) is 5. The third kappa shape index (κ3) is 9.56. The van der Waals surface area contributed by atoms with Gasteiger partial charge in [0.1, 0.15) is 0 Å². The van der Waals surface area contributed by atoms with Crippen LogP contribution >= 0.6 is 0 Å². The van der Waals surface area contributed by atoms with Gasteiger partial charge in [0.15, 0.2) is 0 Å². The molecule has 104 valence electrons. The summed E-state index contributed by atoms with van der Waals surface area (Å²) >= 11 is 0. The molecule has 0 rings (SSSR count). The van der Waals surface area contributed by atoms with Crippen LogP contribution in [0.25, 0.3) is 0 Å². The van der Waals surface area contributed by atoms with E-state index in [0.29, 0.717) is 18.3 Å². The highest BCUT2D eigenvalue weighted by Gasteiger charge is 2.38. The van der Waals surface area contributed by atoms with Crippen LogP contribution in [0.2, 0.25) is 0 Å². The van der Waals surface area contributed by atoms with E-state index in [2.05, 4.69) is 20.8 Å². The largest absolute Gasteiger partial charge is 0.631 e. The zero-order valence-electron chi connectivity index (χ0n) is 11.7. The van der Waals surface area contributed by atoms with Crippen LogP contribution in [-0.4, -0.2) is 43.8 Å². The van der Waals surface area contributed by atoms with Crippen LogP contribution in [0.1, 0.15) is 48.0 Å². The Morgan fingerprint density at radius 2 is 1.24 bits per heavy atom. The van der Waals surface area contributed by atoms with Crippen LogP contribution in [0.4, 0.5) is 0 Å². The van der Waals surface area contributed by atoms with Crippen molar-refractivity contribution >= 4 is 7.32 Å². The summed E-state index contributed by atoms with van der Waals surface area (Å²) in [4.78, 5) is 0. The van der Waals surface area contributed by atoms with Gasteiger partial charge in [0.2, 0.25) is 0 Å². The Bertz CT molecular complexity index is 196. The first-order chi connectivity index (χ1) is 7.31. The van der Waals surface area contributed by atoms with Gasteiger partial charge in [0, 0.05) is 0 Å². The van der Waals surface area contributed by atoms with E-state index in [1.807, 2.05) is 0 Å². The zero-order chi connectivity index (χ0) is 14.4. The molecule has 0 aromatic heterocycles. The Hall–Kier alpha value is -0.135. The van der Waals surface area contributed by atoms with Crippen molar-refractivity contribution in [3.05, 3.63) is 0 Å². The molecule has 0 aromatic rings. The summed E-state index contributed by atoms with van der Waals surface area (Å²) in [6.45, 7) is 11.4. The lowest BCUT2D eigenvalue weighted by Crippen LogP contribution is -2.48. The van der Waals surface area contributed by atoms with Gasteiger partial charge in [-0.05, 0) is 39.0 Å². The van der Waals surface area contributed by atoms with E-state index < -0.39 is 18.5 Å². The van der Waals surface area contributed by atoms with E-state index in [-0.39, 0.29) is 0 Å². The topological polar surface area (TPSA) is 101 Å². The monoisotopic (exact) mass is 250 g/mol. The molecule has 5 N–H and O–H groups in total. The molecule has 0 aliphatic carbocycles.